The first kappa shape index (κ1) is 15.9. The molecular formula is C13H24N2O4. The molecule has 0 bridgehead atoms. The monoisotopic (exact) mass is 272 g/mol. The third kappa shape index (κ3) is 3.06. The van der Waals surface area contributed by atoms with E-state index in [2.05, 4.69) is 12.2 Å². The molecule has 0 aromatic carbocycles. The fraction of sp³-hybridized carbons (Fsp3) is 0.846. The Morgan fingerprint density at radius 1 is 1.21 bits per heavy atom. The van der Waals surface area contributed by atoms with E-state index < -0.39 is 17.9 Å². The number of rotatable bonds is 8. The lowest BCUT2D eigenvalue weighted by Crippen LogP contribution is -2.57. The molecular weight excluding hydrogens is 248 g/mol. The molecule has 1 N–H and O–H groups in total. The van der Waals surface area contributed by atoms with Crippen molar-refractivity contribution in [1.82, 2.24) is 10.2 Å². The van der Waals surface area contributed by atoms with E-state index in [1.807, 2.05) is 0 Å². The molecule has 3 amide bonds. The molecule has 0 aromatic rings. The van der Waals surface area contributed by atoms with Crippen LogP contribution in [-0.4, -0.2) is 49.9 Å². The lowest BCUT2D eigenvalue weighted by atomic mass is 9.91. The Morgan fingerprint density at radius 3 is 2.26 bits per heavy atom. The van der Waals surface area contributed by atoms with Crippen LogP contribution >= 0.6 is 0 Å². The van der Waals surface area contributed by atoms with Crippen molar-refractivity contribution in [1.29, 1.82) is 0 Å². The Labute approximate surface area is 114 Å². The quantitative estimate of drug-likeness (QED) is 0.413. The summed E-state index contributed by atoms with van der Waals surface area (Å²) in [7, 11) is 4.41. The van der Waals surface area contributed by atoms with Gasteiger partial charge in [-0.25, -0.2) is 4.79 Å². The predicted octanol–water partition coefficient (Wildman–Crippen LogP) is 1.50. The Bertz CT molecular complexity index is 331. The first-order valence-electron chi connectivity index (χ1n) is 6.69. The average Bonchev–Trinajstić information content (AvgIpc) is 2.62. The first-order valence-corrected chi connectivity index (χ1v) is 6.69. The molecule has 1 atom stereocenters. The van der Waals surface area contributed by atoms with Crippen molar-refractivity contribution in [2.45, 2.75) is 50.9 Å². The van der Waals surface area contributed by atoms with Gasteiger partial charge in [-0.15, -0.1) is 0 Å². The molecule has 6 nitrogen and oxygen atoms in total. The van der Waals surface area contributed by atoms with E-state index in [1.54, 1.807) is 0 Å². The van der Waals surface area contributed by atoms with Crippen LogP contribution in [0.3, 0.4) is 0 Å². The summed E-state index contributed by atoms with van der Waals surface area (Å²) in [5, 5.41) is 2.73. The highest BCUT2D eigenvalue weighted by Gasteiger charge is 2.55. The molecule has 1 aliphatic rings. The SMILES string of the molecule is CCCCCC[C@]1(C(OC)OC)NC(=O)N(C)C1=O. The maximum Gasteiger partial charge on any atom is 0.324 e. The van der Waals surface area contributed by atoms with Gasteiger partial charge in [0.05, 0.1) is 0 Å². The summed E-state index contributed by atoms with van der Waals surface area (Å²) in [5.74, 6) is -0.289. The normalized spacial score (nSPS) is 23.3. The Morgan fingerprint density at radius 2 is 1.84 bits per heavy atom. The number of ether oxygens (including phenoxy) is 2. The van der Waals surface area contributed by atoms with Gasteiger partial charge < -0.3 is 14.8 Å². The highest BCUT2D eigenvalue weighted by atomic mass is 16.7. The summed E-state index contributed by atoms with van der Waals surface area (Å²) in [6.45, 7) is 2.12. The van der Waals surface area contributed by atoms with Crippen LogP contribution in [0.5, 0.6) is 0 Å². The number of nitrogens with one attached hydrogen (secondary N) is 1. The van der Waals surface area contributed by atoms with Crippen LogP contribution in [0.4, 0.5) is 4.79 Å². The number of amides is 3. The molecule has 110 valence electrons. The molecule has 0 aromatic heterocycles. The zero-order chi connectivity index (χ0) is 14.5. The molecule has 1 saturated heterocycles. The second kappa shape index (κ2) is 6.86. The number of hydrogen-bond acceptors (Lipinski definition) is 4. The molecule has 0 unspecified atom stereocenters. The largest absolute Gasteiger partial charge is 0.353 e. The molecule has 1 fully saturated rings. The second-order valence-electron chi connectivity index (χ2n) is 4.88. The summed E-state index contributed by atoms with van der Waals surface area (Å²) in [5.41, 5.74) is -1.09. The number of methoxy groups -OCH3 is 2. The minimum absolute atomic E-state index is 0.289. The van der Waals surface area contributed by atoms with Gasteiger partial charge in [0.2, 0.25) is 0 Å². The van der Waals surface area contributed by atoms with Crippen molar-refractivity contribution in [3.05, 3.63) is 0 Å². The maximum absolute atomic E-state index is 12.3. The highest BCUT2D eigenvalue weighted by molar-refractivity contribution is 6.07. The van der Waals surface area contributed by atoms with Crippen molar-refractivity contribution < 1.29 is 19.1 Å². The number of carbonyl (C=O) groups is 2. The summed E-state index contributed by atoms with van der Waals surface area (Å²) in [4.78, 5) is 25.1. The molecule has 0 spiro atoms. The van der Waals surface area contributed by atoms with Crippen LogP contribution in [0.1, 0.15) is 39.0 Å². The van der Waals surface area contributed by atoms with Crippen molar-refractivity contribution >= 4 is 11.9 Å². The van der Waals surface area contributed by atoms with E-state index in [1.165, 1.54) is 21.3 Å². The smallest absolute Gasteiger partial charge is 0.324 e. The topological polar surface area (TPSA) is 67.9 Å². The average molecular weight is 272 g/mol. The molecule has 0 saturated carbocycles. The van der Waals surface area contributed by atoms with E-state index >= 15 is 0 Å². The van der Waals surface area contributed by atoms with Crippen LogP contribution in [0, 0.1) is 0 Å². The third-order valence-electron chi connectivity index (χ3n) is 3.58. The zero-order valence-corrected chi connectivity index (χ0v) is 12.2. The third-order valence-corrected chi connectivity index (χ3v) is 3.58. The summed E-state index contributed by atoms with van der Waals surface area (Å²) in [6.07, 6.45) is 3.84. The molecule has 1 heterocycles. The number of unbranched alkanes of at least 4 members (excludes halogenated alkanes) is 3. The van der Waals surface area contributed by atoms with Gasteiger partial charge in [0, 0.05) is 21.3 Å². The van der Waals surface area contributed by atoms with Gasteiger partial charge in [-0.2, -0.15) is 0 Å². The van der Waals surface area contributed by atoms with Gasteiger partial charge in [0.1, 0.15) is 0 Å². The Hall–Kier alpha value is -1.14. The molecule has 0 aliphatic carbocycles. The second-order valence-corrected chi connectivity index (χ2v) is 4.88. The van der Waals surface area contributed by atoms with Crippen LogP contribution in [-0.2, 0) is 14.3 Å². The van der Waals surface area contributed by atoms with Crippen LogP contribution in [0.2, 0.25) is 0 Å². The van der Waals surface area contributed by atoms with Crippen molar-refractivity contribution in [3.63, 3.8) is 0 Å². The number of nitrogens with zero attached hydrogens (tertiary/aromatic N) is 1. The van der Waals surface area contributed by atoms with Crippen LogP contribution in [0.25, 0.3) is 0 Å². The van der Waals surface area contributed by atoms with Gasteiger partial charge >= 0.3 is 6.03 Å². The summed E-state index contributed by atoms with van der Waals surface area (Å²) in [6, 6.07) is -0.403. The fourth-order valence-electron chi connectivity index (χ4n) is 2.50. The molecule has 19 heavy (non-hydrogen) atoms. The predicted molar refractivity (Wildman–Crippen MR) is 70.6 cm³/mol. The van der Waals surface area contributed by atoms with E-state index in [4.69, 9.17) is 9.47 Å². The number of likely N-dealkylation sites (N-methyl/N-ethyl adjacent to an activating group) is 1. The number of carbonyl (C=O) groups excluding carboxylic acids is 2. The lowest BCUT2D eigenvalue weighted by Gasteiger charge is -2.32. The molecule has 6 heteroatoms. The van der Waals surface area contributed by atoms with E-state index in [0.29, 0.717) is 6.42 Å². The summed E-state index contributed by atoms with van der Waals surface area (Å²) >= 11 is 0. The van der Waals surface area contributed by atoms with E-state index in [0.717, 1.165) is 30.6 Å². The molecule has 0 radical (unpaired) electrons. The van der Waals surface area contributed by atoms with E-state index in [-0.39, 0.29) is 5.91 Å². The maximum atomic E-state index is 12.3. The van der Waals surface area contributed by atoms with Crippen molar-refractivity contribution in [3.8, 4) is 0 Å². The van der Waals surface area contributed by atoms with Crippen molar-refractivity contribution in [2.75, 3.05) is 21.3 Å². The molecule has 1 aliphatic heterocycles. The number of urea groups is 1. The minimum Gasteiger partial charge on any atom is -0.353 e. The summed E-state index contributed by atoms with van der Waals surface area (Å²) < 4.78 is 10.5. The fourth-order valence-corrected chi connectivity index (χ4v) is 2.50. The minimum atomic E-state index is -1.09. The Balaban J connectivity index is 2.85. The molecule has 1 rings (SSSR count). The van der Waals surface area contributed by atoms with Gasteiger partial charge in [0.25, 0.3) is 5.91 Å². The first-order chi connectivity index (χ1) is 9.03. The number of hydrogen-bond donors (Lipinski definition) is 1. The standard InChI is InChI=1S/C13H24N2O4/c1-5-6-7-8-9-13(11(18-3)19-4)10(16)15(2)12(17)14-13/h11H,5-9H2,1-4H3,(H,14,17)/t13-/m0/s1. The Kier molecular flexibility index (Phi) is 5.75. The van der Waals surface area contributed by atoms with E-state index in [9.17, 15) is 9.59 Å². The van der Waals surface area contributed by atoms with Crippen LogP contribution < -0.4 is 5.32 Å². The van der Waals surface area contributed by atoms with Crippen LogP contribution in [0.15, 0.2) is 0 Å². The van der Waals surface area contributed by atoms with Gasteiger partial charge in [-0.3, -0.25) is 9.69 Å². The van der Waals surface area contributed by atoms with Gasteiger partial charge in [-0.05, 0) is 6.42 Å². The highest BCUT2D eigenvalue weighted by Crippen LogP contribution is 2.29. The van der Waals surface area contributed by atoms with Gasteiger partial charge in [-0.1, -0.05) is 32.6 Å². The van der Waals surface area contributed by atoms with Crippen molar-refractivity contribution in [2.24, 2.45) is 0 Å². The number of imide groups is 1. The zero-order valence-electron chi connectivity index (χ0n) is 12.2. The van der Waals surface area contributed by atoms with Gasteiger partial charge in [0.15, 0.2) is 11.8 Å². The lowest BCUT2D eigenvalue weighted by molar-refractivity contribution is -0.169.